The largest absolute Gasteiger partial charge is 0.386 e. The van der Waals surface area contributed by atoms with Gasteiger partial charge in [0.1, 0.15) is 5.69 Å². The summed E-state index contributed by atoms with van der Waals surface area (Å²) in [6.07, 6.45) is -3.23. The van der Waals surface area contributed by atoms with Crippen LogP contribution in [0.1, 0.15) is 17.4 Å². The Hall–Kier alpha value is -1.52. The second-order valence-corrected chi connectivity index (χ2v) is 6.08. The van der Waals surface area contributed by atoms with Crippen LogP contribution in [-0.4, -0.2) is 50.7 Å². The van der Waals surface area contributed by atoms with Gasteiger partial charge < -0.3 is 29.7 Å². The van der Waals surface area contributed by atoms with Gasteiger partial charge in [-0.1, -0.05) is 0 Å². The molecule has 0 aromatic carbocycles. The lowest BCUT2D eigenvalue weighted by Gasteiger charge is -2.35. The molecular formula is C9H15FN5O5P. The molecular weight excluding hydrogens is 308 g/mol. The van der Waals surface area contributed by atoms with E-state index in [1.807, 2.05) is 0 Å². The van der Waals surface area contributed by atoms with Crippen LogP contribution in [-0.2, 0) is 9.30 Å². The maximum atomic E-state index is 13.2. The number of alkyl halides is 1. The Labute approximate surface area is 118 Å². The molecule has 0 aliphatic carbocycles. The van der Waals surface area contributed by atoms with Crippen molar-refractivity contribution in [1.82, 2.24) is 15.3 Å². The minimum atomic E-state index is -4.97. The normalized spacial score (nSPS) is 21.7. The van der Waals surface area contributed by atoms with E-state index in [0.29, 0.717) is 0 Å². The van der Waals surface area contributed by atoms with E-state index in [4.69, 9.17) is 15.5 Å². The van der Waals surface area contributed by atoms with Crippen molar-refractivity contribution in [3.63, 3.8) is 0 Å². The molecule has 3 atom stereocenters. The van der Waals surface area contributed by atoms with Crippen molar-refractivity contribution < 1.29 is 28.3 Å². The Morgan fingerprint density at radius 1 is 1.67 bits per heavy atom. The molecule has 0 radical (unpaired) electrons. The average molecular weight is 323 g/mol. The quantitative estimate of drug-likeness (QED) is 0.434. The number of hydrogen-bond donors (Lipinski definition) is 5. The molecule has 10 nitrogen and oxygen atoms in total. The molecule has 0 saturated heterocycles. The average Bonchev–Trinajstić information content (AvgIpc) is 2.82. The number of amides is 1. The molecule has 2 unspecified atom stereocenters. The van der Waals surface area contributed by atoms with Crippen LogP contribution in [0.15, 0.2) is 6.33 Å². The first-order chi connectivity index (χ1) is 9.70. The number of nitrogens with one attached hydrogen (secondary N) is 2. The number of carbonyl (C=O) groups is 1. The first-order valence-electron chi connectivity index (χ1n) is 5.91. The molecule has 1 aromatic rings. The highest BCUT2D eigenvalue weighted by Crippen LogP contribution is 2.43. The lowest BCUT2D eigenvalue weighted by molar-refractivity contribution is -0.0378. The zero-order valence-electron chi connectivity index (χ0n) is 10.9. The second kappa shape index (κ2) is 5.70. The Morgan fingerprint density at radius 2 is 2.33 bits per heavy atom. The highest BCUT2D eigenvalue weighted by Gasteiger charge is 2.35. The third kappa shape index (κ3) is 3.39. The summed E-state index contributed by atoms with van der Waals surface area (Å²) in [7, 11) is -4.97. The molecule has 0 saturated carbocycles. The number of nitrogens with two attached hydrogens (primary N) is 1. The van der Waals surface area contributed by atoms with Crippen molar-refractivity contribution in [2.75, 3.05) is 11.4 Å². The number of imidazole rings is 1. The maximum Gasteiger partial charge on any atom is 0.386 e. The molecule has 1 amide bonds. The molecule has 1 aliphatic heterocycles. The van der Waals surface area contributed by atoms with Crippen molar-refractivity contribution in [1.29, 1.82) is 0 Å². The summed E-state index contributed by atoms with van der Waals surface area (Å²) >= 11 is 0. The van der Waals surface area contributed by atoms with E-state index in [-0.39, 0.29) is 18.1 Å². The lowest BCUT2D eigenvalue weighted by atomic mass is 10.2. The number of anilines is 1. The van der Waals surface area contributed by atoms with Crippen molar-refractivity contribution in [3.8, 4) is 0 Å². The summed E-state index contributed by atoms with van der Waals surface area (Å²) in [5.41, 5.74) is 5.94. The number of carbonyl (C=O) groups excluding carboxylic acids is 1. The summed E-state index contributed by atoms with van der Waals surface area (Å²) in [5, 5.41) is 2.45. The van der Waals surface area contributed by atoms with Gasteiger partial charge in [-0.2, -0.15) is 0 Å². The first kappa shape index (κ1) is 15.9. The minimum absolute atomic E-state index is 0.0281. The van der Waals surface area contributed by atoms with Gasteiger partial charge in [0, 0.05) is 6.54 Å². The highest BCUT2D eigenvalue weighted by atomic mass is 31.2. The summed E-state index contributed by atoms with van der Waals surface area (Å²) in [6.45, 7) is 1.39. The Balaban J connectivity index is 2.08. The molecule has 2 rings (SSSR count). The van der Waals surface area contributed by atoms with Crippen molar-refractivity contribution in [2.45, 2.75) is 25.4 Å². The van der Waals surface area contributed by atoms with Gasteiger partial charge in [0.05, 0.1) is 12.4 Å². The minimum Gasteiger partial charge on any atom is -0.339 e. The Morgan fingerprint density at radius 3 is 2.95 bits per heavy atom. The third-order valence-electron chi connectivity index (χ3n) is 2.80. The Bertz CT molecular complexity index is 577. The van der Waals surface area contributed by atoms with Gasteiger partial charge >= 0.3 is 13.7 Å². The standard InChI is InChI=1S/C9H15FN5O5P/c1-4(20-8(10)21(17,18)19)2-15-6-5(12-3-13-6)7(16)14-9(15)11/h3-4,8-9H,2,11H2,1H3,(H,12,13)(H,14,16)(H2,17,18,19)/t4?,8-,9?/m1/s1. The monoisotopic (exact) mass is 323 g/mol. The van der Waals surface area contributed by atoms with Crippen molar-refractivity contribution in [2.24, 2.45) is 5.73 Å². The lowest BCUT2D eigenvalue weighted by Crippen LogP contribution is -2.59. The van der Waals surface area contributed by atoms with Gasteiger partial charge in [-0.05, 0) is 6.92 Å². The van der Waals surface area contributed by atoms with E-state index < -0.39 is 32.0 Å². The highest BCUT2D eigenvalue weighted by molar-refractivity contribution is 7.52. The number of hydrogen-bond acceptors (Lipinski definition) is 6. The number of H-pyrrole nitrogens is 1. The van der Waals surface area contributed by atoms with Gasteiger partial charge in [0.25, 0.3) is 5.91 Å². The maximum absolute atomic E-state index is 13.2. The number of rotatable bonds is 5. The van der Waals surface area contributed by atoms with E-state index in [1.165, 1.54) is 18.2 Å². The van der Waals surface area contributed by atoms with Crippen LogP contribution in [0.2, 0.25) is 0 Å². The van der Waals surface area contributed by atoms with E-state index in [9.17, 15) is 13.8 Å². The summed E-state index contributed by atoms with van der Waals surface area (Å²) in [4.78, 5) is 36.9. The van der Waals surface area contributed by atoms with Gasteiger partial charge in [-0.15, -0.1) is 0 Å². The second-order valence-electron chi connectivity index (χ2n) is 4.50. The molecule has 0 spiro atoms. The topological polar surface area (TPSA) is 154 Å². The molecule has 21 heavy (non-hydrogen) atoms. The number of nitrogens with zero attached hydrogens (tertiary/aromatic N) is 2. The fourth-order valence-corrected chi connectivity index (χ4v) is 2.25. The van der Waals surface area contributed by atoms with Crippen LogP contribution in [0.4, 0.5) is 10.2 Å². The predicted molar refractivity (Wildman–Crippen MR) is 68.9 cm³/mol. The van der Waals surface area contributed by atoms with Gasteiger partial charge in [0.2, 0.25) is 0 Å². The molecule has 1 aliphatic rings. The third-order valence-corrected chi connectivity index (χ3v) is 3.45. The van der Waals surface area contributed by atoms with E-state index in [0.717, 1.165) is 0 Å². The number of halogens is 1. The smallest absolute Gasteiger partial charge is 0.339 e. The molecule has 118 valence electrons. The van der Waals surface area contributed by atoms with Gasteiger partial charge in [-0.25, -0.2) is 9.37 Å². The zero-order chi connectivity index (χ0) is 15.8. The van der Waals surface area contributed by atoms with E-state index in [2.05, 4.69) is 20.0 Å². The summed E-state index contributed by atoms with van der Waals surface area (Å²) in [6, 6.07) is 0. The van der Waals surface area contributed by atoms with Crippen molar-refractivity contribution in [3.05, 3.63) is 12.0 Å². The first-order valence-corrected chi connectivity index (χ1v) is 7.59. The molecule has 0 fully saturated rings. The van der Waals surface area contributed by atoms with E-state index >= 15 is 0 Å². The number of aromatic nitrogens is 2. The fourth-order valence-electron chi connectivity index (χ4n) is 1.88. The number of aromatic amines is 1. The van der Waals surface area contributed by atoms with Crippen LogP contribution in [0.3, 0.4) is 0 Å². The van der Waals surface area contributed by atoms with Crippen LogP contribution in [0.25, 0.3) is 0 Å². The van der Waals surface area contributed by atoms with Gasteiger partial charge in [0.15, 0.2) is 12.1 Å². The predicted octanol–water partition coefficient (Wildman–Crippen LogP) is -0.962. The molecule has 2 heterocycles. The zero-order valence-corrected chi connectivity index (χ0v) is 11.8. The molecule has 0 bridgehead atoms. The number of ether oxygens (including phenoxy) is 1. The summed E-state index contributed by atoms with van der Waals surface area (Å²) in [5.74, 6) is -0.174. The van der Waals surface area contributed by atoms with Crippen LogP contribution < -0.4 is 16.0 Å². The summed E-state index contributed by atoms with van der Waals surface area (Å²) < 4.78 is 28.5. The van der Waals surface area contributed by atoms with Crippen molar-refractivity contribution >= 4 is 19.3 Å². The van der Waals surface area contributed by atoms with Gasteiger partial charge in [-0.3, -0.25) is 15.1 Å². The van der Waals surface area contributed by atoms with Crippen LogP contribution >= 0.6 is 7.60 Å². The molecule has 1 aromatic heterocycles. The van der Waals surface area contributed by atoms with E-state index in [1.54, 1.807) is 0 Å². The Kier molecular flexibility index (Phi) is 4.30. The molecule has 12 heteroatoms. The molecule has 6 N–H and O–H groups in total. The fraction of sp³-hybridized carbons (Fsp3) is 0.556. The van der Waals surface area contributed by atoms with Crippen LogP contribution in [0, 0.1) is 0 Å². The van der Waals surface area contributed by atoms with Crippen LogP contribution in [0.5, 0.6) is 0 Å². The number of fused-ring (bicyclic) bond motifs is 1. The SMILES string of the molecule is CC(CN1c2nc[nH]c2C(=O)NC1N)O[C@@H](F)P(=O)(O)O.